The fourth-order valence-electron chi connectivity index (χ4n) is 1.88. The lowest BCUT2D eigenvalue weighted by molar-refractivity contribution is -0.319. The number of hydrogen-bond acceptors (Lipinski definition) is 4. The standard InChI is InChI=1S/C9H16O4/c1-3-7-9-8(12-5-11-7)6(2)10-4-13-9/h6-9H,3-5H2,1-2H3/t6-,7?,8?,9?/m1/s1. The molecule has 0 bridgehead atoms. The molecule has 2 heterocycles. The Kier molecular flexibility index (Phi) is 2.83. The Morgan fingerprint density at radius 1 is 1.00 bits per heavy atom. The van der Waals surface area contributed by atoms with E-state index in [1.54, 1.807) is 0 Å². The summed E-state index contributed by atoms with van der Waals surface area (Å²) < 4.78 is 21.7. The molecule has 0 amide bonds. The summed E-state index contributed by atoms with van der Waals surface area (Å²) in [6.45, 7) is 4.82. The predicted octanol–water partition coefficient (Wildman–Crippen LogP) is 0.899. The van der Waals surface area contributed by atoms with Gasteiger partial charge in [0.25, 0.3) is 0 Å². The summed E-state index contributed by atoms with van der Waals surface area (Å²) in [7, 11) is 0. The first-order valence-electron chi connectivity index (χ1n) is 4.79. The molecule has 4 nitrogen and oxygen atoms in total. The molecule has 0 aliphatic carbocycles. The second kappa shape index (κ2) is 3.92. The minimum atomic E-state index is 0.0347. The van der Waals surface area contributed by atoms with Crippen molar-refractivity contribution in [1.29, 1.82) is 0 Å². The van der Waals surface area contributed by atoms with Crippen LogP contribution in [0.4, 0.5) is 0 Å². The Balaban J connectivity index is 2.05. The van der Waals surface area contributed by atoms with Gasteiger partial charge in [-0.15, -0.1) is 0 Å². The SMILES string of the molecule is CCC1OCOC2C1OCO[C@@H]2C. The maximum atomic E-state index is 5.48. The van der Waals surface area contributed by atoms with Gasteiger partial charge >= 0.3 is 0 Å². The molecule has 4 heteroatoms. The van der Waals surface area contributed by atoms with Crippen LogP contribution in [0.15, 0.2) is 0 Å². The Morgan fingerprint density at radius 3 is 2.46 bits per heavy atom. The third kappa shape index (κ3) is 1.72. The van der Waals surface area contributed by atoms with Crippen molar-refractivity contribution in [2.75, 3.05) is 13.6 Å². The normalized spacial score (nSPS) is 45.7. The van der Waals surface area contributed by atoms with E-state index in [9.17, 15) is 0 Å². The molecule has 4 atom stereocenters. The van der Waals surface area contributed by atoms with Gasteiger partial charge in [-0.1, -0.05) is 6.92 Å². The van der Waals surface area contributed by atoms with Gasteiger partial charge in [0.1, 0.15) is 25.8 Å². The van der Waals surface area contributed by atoms with Gasteiger partial charge in [-0.05, 0) is 13.3 Å². The molecule has 0 aromatic heterocycles. The van der Waals surface area contributed by atoms with Crippen LogP contribution in [-0.4, -0.2) is 38.0 Å². The summed E-state index contributed by atoms with van der Waals surface area (Å²) in [4.78, 5) is 0. The van der Waals surface area contributed by atoms with Crippen molar-refractivity contribution < 1.29 is 18.9 Å². The Morgan fingerprint density at radius 2 is 1.69 bits per heavy atom. The van der Waals surface area contributed by atoms with Crippen molar-refractivity contribution in [3.8, 4) is 0 Å². The first kappa shape index (κ1) is 9.40. The maximum Gasteiger partial charge on any atom is 0.147 e. The van der Waals surface area contributed by atoms with Crippen LogP contribution in [0.3, 0.4) is 0 Å². The van der Waals surface area contributed by atoms with E-state index in [1.807, 2.05) is 6.92 Å². The minimum absolute atomic E-state index is 0.0347. The molecule has 76 valence electrons. The van der Waals surface area contributed by atoms with Crippen molar-refractivity contribution in [3.05, 3.63) is 0 Å². The lowest BCUT2D eigenvalue weighted by Gasteiger charge is -2.43. The molecule has 3 unspecified atom stereocenters. The Hall–Kier alpha value is -0.160. The van der Waals surface area contributed by atoms with E-state index >= 15 is 0 Å². The van der Waals surface area contributed by atoms with Gasteiger partial charge < -0.3 is 18.9 Å². The summed E-state index contributed by atoms with van der Waals surface area (Å²) in [6, 6.07) is 0. The molecule has 0 radical (unpaired) electrons. The zero-order valence-electron chi connectivity index (χ0n) is 8.06. The zero-order valence-corrected chi connectivity index (χ0v) is 8.06. The van der Waals surface area contributed by atoms with Crippen molar-refractivity contribution in [2.45, 2.75) is 44.7 Å². The number of rotatable bonds is 1. The van der Waals surface area contributed by atoms with Crippen LogP contribution >= 0.6 is 0 Å². The van der Waals surface area contributed by atoms with Crippen molar-refractivity contribution in [2.24, 2.45) is 0 Å². The number of ether oxygens (including phenoxy) is 4. The van der Waals surface area contributed by atoms with Crippen molar-refractivity contribution in [3.63, 3.8) is 0 Å². The van der Waals surface area contributed by atoms with Gasteiger partial charge in [-0.25, -0.2) is 0 Å². The highest BCUT2D eigenvalue weighted by Gasteiger charge is 2.41. The van der Waals surface area contributed by atoms with Crippen LogP contribution < -0.4 is 0 Å². The third-order valence-electron chi connectivity index (χ3n) is 2.69. The van der Waals surface area contributed by atoms with Crippen molar-refractivity contribution in [1.82, 2.24) is 0 Å². The highest BCUT2D eigenvalue weighted by molar-refractivity contribution is 4.86. The van der Waals surface area contributed by atoms with Crippen LogP contribution in [0.5, 0.6) is 0 Å². The molecule has 0 N–H and O–H groups in total. The fraction of sp³-hybridized carbons (Fsp3) is 1.00. The molecule has 0 aromatic carbocycles. The van der Waals surface area contributed by atoms with Gasteiger partial charge in [0, 0.05) is 0 Å². The lowest BCUT2D eigenvalue weighted by Crippen LogP contribution is -2.55. The second-order valence-corrected chi connectivity index (χ2v) is 3.48. The first-order valence-corrected chi connectivity index (χ1v) is 4.79. The van der Waals surface area contributed by atoms with Gasteiger partial charge in [0.2, 0.25) is 0 Å². The molecular weight excluding hydrogens is 172 g/mol. The molecular formula is C9H16O4. The number of fused-ring (bicyclic) bond motifs is 1. The minimum Gasteiger partial charge on any atom is -0.350 e. The highest BCUT2D eigenvalue weighted by Crippen LogP contribution is 2.26. The second-order valence-electron chi connectivity index (χ2n) is 3.48. The molecule has 2 fully saturated rings. The molecule has 0 spiro atoms. The average molecular weight is 188 g/mol. The van der Waals surface area contributed by atoms with Crippen LogP contribution in [-0.2, 0) is 18.9 Å². The maximum absolute atomic E-state index is 5.48. The fourth-order valence-corrected chi connectivity index (χ4v) is 1.88. The third-order valence-corrected chi connectivity index (χ3v) is 2.69. The van der Waals surface area contributed by atoms with Gasteiger partial charge in [-0.3, -0.25) is 0 Å². The topological polar surface area (TPSA) is 36.9 Å². The van der Waals surface area contributed by atoms with E-state index in [2.05, 4.69) is 6.92 Å². The van der Waals surface area contributed by atoms with E-state index in [-0.39, 0.29) is 24.4 Å². The van der Waals surface area contributed by atoms with Crippen LogP contribution in [0, 0.1) is 0 Å². The summed E-state index contributed by atoms with van der Waals surface area (Å²) in [5.41, 5.74) is 0. The summed E-state index contributed by atoms with van der Waals surface area (Å²) >= 11 is 0. The van der Waals surface area contributed by atoms with E-state index < -0.39 is 0 Å². The van der Waals surface area contributed by atoms with Gasteiger partial charge in [0.05, 0.1) is 12.2 Å². The summed E-state index contributed by atoms with van der Waals surface area (Å²) in [5.74, 6) is 0. The quantitative estimate of drug-likeness (QED) is 0.612. The smallest absolute Gasteiger partial charge is 0.147 e. The monoisotopic (exact) mass is 188 g/mol. The molecule has 2 aliphatic rings. The van der Waals surface area contributed by atoms with Crippen LogP contribution in [0.25, 0.3) is 0 Å². The first-order chi connectivity index (χ1) is 6.33. The van der Waals surface area contributed by atoms with E-state index in [4.69, 9.17) is 18.9 Å². The molecule has 2 saturated heterocycles. The highest BCUT2D eigenvalue weighted by atomic mass is 16.8. The largest absolute Gasteiger partial charge is 0.350 e. The molecule has 2 aliphatic heterocycles. The van der Waals surface area contributed by atoms with E-state index in [1.165, 1.54) is 0 Å². The molecule has 0 aromatic rings. The zero-order chi connectivity index (χ0) is 9.26. The van der Waals surface area contributed by atoms with E-state index in [0.29, 0.717) is 13.6 Å². The molecule has 13 heavy (non-hydrogen) atoms. The molecule has 0 saturated carbocycles. The lowest BCUT2D eigenvalue weighted by atomic mass is 10.00. The average Bonchev–Trinajstić information content (AvgIpc) is 2.18. The Labute approximate surface area is 78.1 Å². The van der Waals surface area contributed by atoms with Crippen LogP contribution in [0.2, 0.25) is 0 Å². The Bertz CT molecular complexity index is 173. The summed E-state index contributed by atoms with van der Waals surface area (Å²) in [6.07, 6.45) is 1.30. The van der Waals surface area contributed by atoms with E-state index in [0.717, 1.165) is 6.42 Å². The summed E-state index contributed by atoms with van der Waals surface area (Å²) in [5, 5.41) is 0. The van der Waals surface area contributed by atoms with Crippen LogP contribution in [0.1, 0.15) is 20.3 Å². The molecule has 2 rings (SSSR count). The predicted molar refractivity (Wildman–Crippen MR) is 45.2 cm³/mol. The van der Waals surface area contributed by atoms with Gasteiger partial charge in [-0.2, -0.15) is 0 Å². The van der Waals surface area contributed by atoms with Gasteiger partial charge in [0.15, 0.2) is 0 Å². The van der Waals surface area contributed by atoms with Crippen molar-refractivity contribution >= 4 is 0 Å². The number of hydrogen-bond donors (Lipinski definition) is 0.